The number of fused-ring (bicyclic) bond motifs is 2. The van der Waals surface area contributed by atoms with Crippen molar-refractivity contribution in [1.29, 1.82) is 0 Å². The van der Waals surface area contributed by atoms with Crippen LogP contribution in [0.5, 0.6) is 11.5 Å². The van der Waals surface area contributed by atoms with Crippen molar-refractivity contribution in [2.24, 2.45) is 22.7 Å². The highest BCUT2D eigenvalue weighted by Gasteiger charge is 2.82. The van der Waals surface area contributed by atoms with Gasteiger partial charge in [0.05, 0.1) is 5.60 Å². The van der Waals surface area contributed by atoms with E-state index in [1.54, 1.807) is 0 Å². The van der Waals surface area contributed by atoms with Gasteiger partial charge >= 0.3 is 0 Å². The number of methoxy groups -OCH3 is 1. The molecule has 1 saturated heterocycles. The molecule has 1 aromatic carbocycles. The van der Waals surface area contributed by atoms with E-state index in [-0.39, 0.29) is 34.0 Å². The predicted molar refractivity (Wildman–Crippen MR) is 130 cm³/mol. The molecule has 5 aliphatic carbocycles. The van der Waals surface area contributed by atoms with Gasteiger partial charge in [0.2, 0.25) is 0 Å². The van der Waals surface area contributed by atoms with E-state index in [1.165, 1.54) is 30.5 Å². The maximum absolute atomic E-state index is 12.2. The summed E-state index contributed by atoms with van der Waals surface area (Å²) in [5, 5.41) is 23.2. The largest absolute Gasteiger partial charge is 0.504 e. The number of nitrogens with zero attached hydrogens (tertiary/aromatic N) is 1. The van der Waals surface area contributed by atoms with Crippen molar-refractivity contribution in [1.82, 2.24) is 4.90 Å². The number of phenols is 1. The molecule has 7 aliphatic rings. The maximum atomic E-state index is 12.2. The quantitative estimate of drug-likeness (QED) is 0.687. The van der Waals surface area contributed by atoms with E-state index in [0.717, 1.165) is 44.6 Å². The fourth-order valence-corrected chi connectivity index (χ4v) is 9.58. The Labute approximate surface area is 203 Å². The molecular formula is C29H41NO4. The molecule has 0 aromatic heterocycles. The molecule has 2 heterocycles. The van der Waals surface area contributed by atoms with Crippen LogP contribution in [0.3, 0.4) is 0 Å². The van der Waals surface area contributed by atoms with Gasteiger partial charge in [-0.1, -0.05) is 26.8 Å². The first-order valence-corrected chi connectivity index (χ1v) is 13.6. The number of phenolic OH excluding ortho intramolecular Hbond substituents is 1. The average molecular weight is 468 g/mol. The average Bonchev–Trinajstić information content (AvgIpc) is 3.53. The maximum Gasteiger partial charge on any atom is 0.165 e. The molecule has 186 valence electrons. The van der Waals surface area contributed by atoms with Gasteiger partial charge in [-0.2, -0.15) is 0 Å². The van der Waals surface area contributed by atoms with Gasteiger partial charge in [0.1, 0.15) is 11.7 Å². The second-order valence-electron chi connectivity index (χ2n) is 13.8. The zero-order valence-electron chi connectivity index (χ0n) is 21.5. The molecule has 5 heteroatoms. The Morgan fingerprint density at radius 2 is 1.91 bits per heavy atom. The zero-order valence-corrected chi connectivity index (χ0v) is 21.5. The lowest BCUT2D eigenvalue weighted by molar-refractivity contribution is -0.312. The molecule has 4 unspecified atom stereocenters. The van der Waals surface area contributed by atoms with Gasteiger partial charge in [-0.15, -0.1) is 0 Å². The van der Waals surface area contributed by atoms with E-state index >= 15 is 0 Å². The molecule has 0 amide bonds. The summed E-state index contributed by atoms with van der Waals surface area (Å²) < 4.78 is 13.5. The Balaban J connectivity index is 1.47. The van der Waals surface area contributed by atoms with Gasteiger partial charge in [0, 0.05) is 42.0 Å². The second kappa shape index (κ2) is 6.33. The molecule has 5 fully saturated rings. The fourth-order valence-electron chi connectivity index (χ4n) is 9.58. The lowest BCUT2D eigenvalue weighted by atomic mass is 9.33. The number of aliphatic hydroxyl groups is 1. The van der Waals surface area contributed by atoms with Gasteiger partial charge in [-0.05, 0) is 81.4 Å². The van der Waals surface area contributed by atoms with Crippen LogP contribution < -0.4 is 4.74 Å². The van der Waals surface area contributed by atoms with Gasteiger partial charge < -0.3 is 19.7 Å². The number of benzene rings is 1. The number of aromatic hydroxyl groups is 1. The van der Waals surface area contributed by atoms with Crippen LogP contribution in [-0.4, -0.2) is 58.7 Å². The molecule has 2 spiro atoms. The minimum absolute atomic E-state index is 0.0294. The Morgan fingerprint density at radius 3 is 2.59 bits per heavy atom. The van der Waals surface area contributed by atoms with Crippen molar-refractivity contribution >= 4 is 0 Å². The predicted octanol–water partition coefficient (Wildman–Crippen LogP) is 4.41. The standard InChI is InChI=1S/C29H41NO4/c1-25(2,3)26(4,32)20-15-27-10-11-29(20,33-5)24-28(27)12-13-30(16-17-6-7-17)21(27)14-18-8-9-19(31)23(34-24)22(18)28/h8-9,17,20-21,24,31-32H,6-7,10-16H2,1-5H3/t20?,21?,24?,26-,27+,28?,29+/m0/s1. The molecule has 4 saturated carbocycles. The van der Waals surface area contributed by atoms with Gasteiger partial charge in [0.15, 0.2) is 11.5 Å². The van der Waals surface area contributed by atoms with E-state index in [9.17, 15) is 10.2 Å². The van der Waals surface area contributed by atoms with Crippen LogP contribution in [0.25, 0.3) is 0 Å². The van der Waals surface area contributed by atoms with Crippen LogP contribution in [0.15, 0.2) is 12.1 Å². The SMILES string of the molecule is CO[C@]12CC[C@@]3(CC1[C@](C)(O)C(C)(C)C)C1Cc4ccc(O)c5c4C3(CCN1CC1CC1)C2O5. The van der Waals surface area contributed by atoms with Crippen LogP contribution in [0.4, 0.5) is 0 Å². The Kier molecular flexibility index (Phi) is 4.08. The van der Waals surface area contributed by atoms with E-state index < -0.39 is 11.2 Å². The third-order valence-electron chi connectivity index (χ3n) is 11.9. The summed E-state index contributed by atoms with van der Waals surface area (Å²) in [5.74, 6) is 1.80. The third kappa shape index (κ3) is 2.25. The summed E-state index contributed by atoms with van der Waals surface area (Å²) in [6.07, 6.45) is 7.64. The minimum atomic E-state index is -0.909. The van der Waals surface area contributed by atoms with E-state index in [2.05, 4.69) is 31.7 Å². The third-order valence-corrected chi connectivity index (χ3v) is 11.9. The molecule has 8 rings (SSSR count). The topological polar surface area (TPSA) is 62.2 Å². The van der Waals surface area contributed by atoms with Crippen molar-refractivity contribution in [2.45, 2.75) is 101 Å². The molecule has 34 heavy (non-hydrogen) atoms. The number of hydrogen-bond acceptors (Lipinski definition) is 5. The second-order valence-corrected chi connectivity index (χ2v) is 13.8. The molecule has 1 aromatic rings. The summed E-state index contributed by atoms with van der Waals surface area (Å²) in [5.41, 5.74) is 0.783. The van der Waals surface area contributed by atoms with Crippen LogP contribution in [0, 0.1) is 22.7 Å². The van der Waals surface area contributed by atoms with Crippen LogP contribution >= 0.6 is 0 Å². The summed E-state index contributed by atoms with van der Waals surface area (Å²) in [4.78, 5) is 2.82. The van der Waals surface area contributed by atoms with Gasteiger partial charge in [-0.3, -0.25) is 4.90 Å². The number of rotatable bonds is 4. The van der Waals surface area contributed by atoms with Crippen molar-refractivity contribution in [2.75, 3.05) is 20.2 Å². The zero-order chi connectivity index (χ0) is 23.9. The van der Waals surface area contributed by atoms with Gasteiger partial charge in [0.25, 0.3) is 0 Å². The molecule has 2 N–H and O–H groups in total. The first kappa shape index (κ1) is 21.9. The Hall–Kier alpha value is -1.30. The smallest absolute Gasteiger partial charge is 0.165 e. The molecule has 2 aliphatic heterocycles. The molecule has 4 bridgehead atoms. The first-order valence-electron chi connectivity index (χ1n) is 13.6. The van der Waals surface area contributed by atoms with E-state index in [0.29, 0.717) is 11.8 Å². The number of likely N-dealkylation sites (tertiary alicyclic amines) is 1. The Morgan fingerprint density at radius 1 is 1.15 bits per heavy atom. The summed E-state index contributed by atoms with van der Waals surface area (Å²) in [7, 11) is 1.83. The van der Waals surface area contributed by atoms with Crippen molar-refractivity contribution in [3.8, 4) is 11.5 Å². The summed E-state index contributed by atoms with van der Waals surface area (Å²) >= 11 is 0. The minimum Gasteiger partial charge on any atom is -0.504 e. The molecule has 5 nitrogen and oxygen atoms in total. The summed E-state index contributed by atoms with van der Waals surface area (Å²) in [6, 6.07) is 4.46. The fraction of sp³-hybridized carbons (Fsp3) is 0.793. The lowest BCUT2D eigenvalue weighted by Crippen LogP contribution is -2.83. The number of hydrogen-bond donors (Lipinski definition) is 2. The number of piperidine rings is 1. The Bertz CT molecular complexity index is 1060. The highest BCUT2D eigenvalue weighted by Crippen LogP contribution is 2.78. The highest BCUT2D eigenvalue weighted by molar-refractivity contribution is 5.63. The molecule has 7 atom stereocenters. The monoisotopic (exact) mass is 467 g/mol. The van der Waals surface area contributed by atoms with Crippen LogP contribution in [-0.2, 0) is 16.6 Å². The lowest BCUT2D eigenvalue weighted by Gasteiger charge is -2.75. The van der Waals surface area contributed by atoms with Crippen molar-refractivity contribution in [3.05, 3.63) is 23.3 Å². The first-order chi connectivity index (χ1) is 16.0. The van der Waals surface area contributed by atoms with Crippen molar-refractivity contribution in [3.63, 3.8) is 0 Å². The molecular weight excluding hydrogens is 426 g/mol. The highest BCUT2D eigenvalue weighted by atomic mass is 16.6. The normalized spacial score (nSPS) is 43.9. The summed E-state index contributed by atoms with van der Waals surface area (Å²) in [6.45, 7) is 10.8. The molecule has 0 radical (unpaired) electrons. The van der Waals surface area contributed by atoms with E-state index in [1.807, 2.05) is 20.1 Å². The van der Waals surface area contributed by atoms with Gasteiger partial charge in [-0.25, -0.2) is 0 Å². The van der Waals surface area contributed by atoms with Crippen LogP contribution in [0.1, 0.15) is 77.3 Å². The number of ether oxygens (including phenoxy) is 2. The van der Waals surface area contributed by atoms with Crippen LogP contribution in [0.2, 0.25) is 0 Å². The van der Waals surface area contributed by atoms with E-state index in [4.69, 9.17) is 9.47 Å². The van der Waals surface area contributed by atoms with Crippen molar-refractivity contribution < 1.29 is 19.7 Å².